The molecule has 0 spiro atoms. The van der Waals surface area contributed by atoms with Gasteiger partial charge in [-0.1, -0.05) is 0 Å². The third-order valence-electron chi connectivity index (χ3n) is 2.68. The van der Waals surface area contributed by atoms with Gasteiger partial charge in [0.25, 0.3) is 5.69 Å². The molecule has 0 unspecified atom stereocenters. The van der Waals surface area contributed by atoms with Gasteiger partial charge >= 0.3 is 0 Å². The van der Waals surface area contributed by atoms with Crippen LogP contribution in [0.3, 0.4) is 0 Å². The van der Waals surface area contributed by atoms with Gasteiger partial charge in [0, 0.05) is 10.9 Å². The van der Waals surface area contributed by atoms with E-state index in [1.54, 1.807) is 6.92 Å². The highest BCUT2D eigenvalue weighted by atomic mass is 32.2. The molecule has 10 heteroatoms. The van der Waals surface area contributed by atoms with Crippen molar-refractivity contribution in [3.05, 3.63) is 33.7 Å². The van der Waals surface area contributed by atoms with E-state index in [4.69, 9.17) is 0 Å². The van der Waals surface area contributed by atoms with Crippen molar-refractivity contribution in [3.63, 3.8) is 0 Å². The van der Waals surface area contributed by atoms with Crippen molar-refractivity contribution >= 4 is 39.9 Å². The smallest absolute Gasteiger partial charge is 0.294 e. The minimum Gasteiger partial charge on any atom is -0.388 e. The molecule has 0 radical (unpaired) electrons. The molecule has 0 aliphatic carbocycles. The second-order valence-electron chi connectivity index (χ2n) is 4.14. The second-order valence-corrected chi connectivity index (χ2v) is 6.48. The number of nitrogens with zero attached hydrogens (tertiary/aromatic N) is 4. The van der Waals surface area contributed by atoms with Gasteiger partial charge in [-0.3, -0.25) is 10.1 Å². The molecule has 108 valence electrons. The summed E-state index contributed by atoms with van der Waals surface area (Å²) in [6, 6.07) is 1.39. The lowest BCUT2D eigenvalue weighted by Gasteiger charge is -1.99. The highest BCUT2D eigenvalue weighted by Gasteiger charge is 2.23. The number of H-pyrrole nitrogens is 1. The second kappa shape index (κ2) is 5.39. The lowest BCUT2D eigenvalue weighted by Crippen LogP contribution is -1.89. The zero-order chi connectivity index (χ0) is 15.0. The average molecular weight is 323 g/mol. The molecule has 3 aromatic heterocycles. The first kappa shape index (κ1) is 13.9. The number of rotatable bonds is 4. The highest BCUT2D eigenvalue weighted by Crippen LogP contribution is 2.43. The first-order chi connectivity index (χ1) is 10.1. The number of aromatic amines is 1. The SMILES string of the molecule is C[C@@H](O)c1cc([N+](=O)[O-])c(Sc2ncnc3nc[nH]c23)s1. The molecular weight excluding hydrogens is 314 g/mol. The fourth-order valence-corrected chi connectivity index (χ4v) is 3.95. The lowest BCUT2D eigenvalue weighted by molar-refractivity contribution is -0.387. The Morgan fingerprint density at radius 3 is 3.00 bits per heavy atom. The number of hydrogen-bond donors (Lipinski definition) is 2. The zero-order valence-corrected chi connectivity index (χ0v) is 12.3. The van der Waals surface area contributed by atoms with E-state index < -0.39 is 11.0 Å². The normalized spacial score (nSPS) is 12.7. The summed E-state index contributed by atoms with van der Waals surface area (Å²) in [6.07, 6.45) is 2.11. The highest BCUT2D eigenvalue weighted by molar-refractivity contribution is 8.01. The molecule has 0 aliphatic rings. The van der Waals surface area contributed by atoms with E-state index >= 15 is 0 Å². The molecule has 2 N–H and O–H groups in total. The Morgan fingerprint density at radius 2 is 2.29 bits per heavy atom. The summed E-state index contributed by atoms with van der Waals surface area (Å²) in [5.41, 5.74) is 1.10. The van der Waals surface area contributed by atoms with Gasteiger partial charge in [0.05, 0.1) is 17.4 Å². The summed E-state index contributed by atoms with van der Waals surface area (Å²) in [5.74, 6) is 0. The largest absolute Gasteiger partial charge is 0.388 e. The predicted octanol–water partition coefficient (Wildman–Crippen LogP) is 2.53. The molecule has 0 amide bonds. The van der Waals surface area contributed by atoms with E-state index in [-0.39, 0.29) is 5.69 Å². The quantitative estimate of drug-likeness (QED) is 0.430. The van der Waals surface area contributed by atoms with Crippen LogP contribution in [0.15, 0.2) is 28.0 Å². The van der Waals surface area contributed by atoms with Gasteiger partial charge in [0.2, 0.25) is 0 Å². The Kier molecular flexibility index (Phi) is 3.57. The van der Waals surface area contributed by atoms with Crippen LogP contribution in [0.25, 0.3) is 11.2 Å². The summed E-state index contributed by atoms with van der Waals surface area (Å²) >= 11 is 2.34. The van der Waals surface area contributed by atoms with Gasteiger partial charge in [-0.15, -0.1) is 11.3 Å². The molecule has 0 saturated carbocycles. The van der Waals surface area contributed by atoms with Gasteiger partial charge < -0.3 is 10.1 Å². The number of nitrogens with one attached hydrogen (secondary N) is 1. The van der Waals surface area contributed by atoms with Crippen LogP contribution in [-0.4, -0.2) is 30.0 Å². The number of imidazole rings is 1. The van der Waals surface area contributed by atoms with Crippen LogP contribution in [0.2, 0.25) is 0 Å². The van der Waals surface area contributed by atoms with Crippen molar-refractivity contribution in [2.75, 3.05) is 0 Å². The monoisotopic (exact) mass is 323 g/mol. The summed E-state index contributed by atoms with van der Waals surface area (Å²) < 4.78 is 0.463. The molecule has 3 heterocycles. The zero-order valence-electron chi connectivity index (χ0n) is 10.7. The van der Waals surface area contributed by atoms with Crippen LogP contribution in [0.5, 0.6) is 0 Å². The number of fused-ring (bicyclic) bond motifs is 1. The summed E-state index contributed by atoms with van der Waals surface area (Å²) in [6.45, 7) is 1.57. The standard InChI is InChI=1S/C11H9N5O3S2/c1-5(17)7-2-6(16(18)19)11(20-7)21-10-8-9(13-3-12-8)14-4-15-10/h2-5,17H,1H3,(H,12,13,14,15)/t5-/m1/s1. The Labute approximate surface area is 126 Å². The summed E-state index contributed by atoms with van der Waals surface area (Å²) in [5, 5.41) is 21.3. The molecule has 0 bridgehead atoms. The fourth-order valence-electron chi connectivity index (χ4n) is 1.70. The van der Waals surface area contributed by atoms with Crippen LogP contribution >= 0.6 is 23.1 Å². The molecule has 0 fully saturated rings. The van der Waals surface area contributed by atoms with Gasteiger partial charge in [-0.25, -0.2) is 15.0 Å². The van der Waals surface area contributed by atoms with E-state index in [1.807, 2.05) is 0 Å². The van der Waals surface area contributed by atoms with Crippen LogP contribution in [-0.2, 0) is 0 Å². The van der Waals surface area contributed by atoms with Gasteiger partial charge in [0.1, 0.15) is 21.1 Å². The van der Waals surface area contributed by atoms with Crippen LogP contribution in [0.1, 0.15) is 17.9 Å². The molecule has 21 heavy (non-hydrogen) atoms. The van der Waals surface area contributed by atoms with E-state index in [0.29, 0.717) is 25.3 Å². The van der Waals surface area contributed by atoms with E-state index in [9.17, 15) is 15.2 Å². The van der Waals surface area contributed by atoms with Crippen LogP contribution < -0.4 is 0 Å². The first-order valence-corrected chi connectivity index (χ1v) is 7.47. The van der Waals surface area contributed by atoms with E-state index in [1.165, 1.54) is 30.1 Å². The molecule has 1 atom stereocenters. The summed E-state index contributed by atoms with van der Waals surface area (Å²) in [7, 11) is 0. The Bertz CT molecular complexity index is 813. The molecule has 3 rings (SSSR count). The minimum absolute atomic E-state index is 0.0350. The Morgan fingerprint density at radius 1 is 1.48 bits per heavy atom. The van der Waals surface area contributed by atoms with Crippen LogP contribution in [0.4, 0.5) is 5.69 Å². The van der Waals surface area contributed by atoms with Gasteiger partial charge in [-0.05, 0) is 18.7 Å². The average Bonchev–Trinajstić information content (AvgIpc) is 3.05. The number of aromatic nitrogens is 4. The lowest BCUT2D eigenvalue weighted by atomic mass is 10.3. The van der Waals surface area contributed by atoms with Crippen LogP contribution in [0, 0.1) is 10.1 Å². The van der Waals surface area contributed by atoms with E-state index in [0.717, 1.165) is 11.8 Å². The first-order valence-electron chi connectivity index (χ1n) is 5.84. The summed E-state index contributed by atoms with van der Waals surface area (Å²) in [4.78, 5) is 26.3. The molecule has 0 saturated heterocycles. The third-order valence-corrected chi connectivity index (χ3v) is 5.17. The minimum atomic E-state index is -0.749. The fraction of sp³-hybridized carbons (Fsp3) is 0.182. The van der Waals surface area contributed by atoms with Gasteiger partial charge in [-0.2, -0.15) is 0 Å². The molecule has 8 nitrogen and oxygen atoms in total. The molecule has 0 aliphatic heterocycles. The van der Waals surface area contributed by atoms with Gasteiger partial charge in [0.15, 0.2) is 5.65 Å². The third kappa shape index (κ3) is 2.60. The van der Waals surface area contributed by atoms with Crippen molar-refractivity contribution < 1.29 is 10.0 Å². The van der Waals surface area contributed by atoms with Crippen molar-refractivity contribution in [1.82, 2.24) is 19.9 Å². The Balaban J connectivity index is 2.05. The molecule has 3 aromatic rings. The number of nitro groups is 1. The predicted molar refractivity (Wildman–Crippen MR) is 77.4 cm³/mol. The number of thiophene rings is 1. The van der Waals surface area contributed by atoms with Crippen molar-refractivity contribution in [2.24, 2.45) is 0 Å². The molecular formula is C11H9N5O3S2. The van der Waals surface area contributed by atoms with E-state index in [2.05, 4.69) is 19.9 Å². The Hall–Kier alpha value is -2.04. The van der Waals surface area contributed by atoms with Crippen molar-refractivity contribution in [1.29, 1.82) is 0 Å². The maximum atomic E-state index is 11.1. The molecule has 0 aromatic carbocycles. The maximum absolute atomic E-state index is 11.1. The number of aliphatic hydroxyl groups excluding tert-OH is 1. The van der Waals surface area contributed by atoms with Crippen molar-refractivity contribution in [3.8, 4) is 0 Å². The topological polar surface area (TPSA) is 118 Å². The van der Waals surface area contributed by atoms with Crippen molar-refractivity contribution in [2.45, 2.75) is 22.3 Å². The number of hydrogen-bond acceptors (Lipinski definition) is 8. The maximum Gasteiger partial charge on any atom is 0.294 e. The number of aliphatic hydroxyl groups is 1.